The number of carbonyl (C=O) groups excluding carboxylic acids is 3. The number of esters is 2. The van der Waals surface area contributed by atoms with E-state index in [2.05, 4.69) is 0 Å². The molecule has 4 atom stereocenters. The maximum Gasteiger partial charge on any atom is 0.323 e. The number of hydrogen-bond acceptors (Lipinski definition) is 6. The Hall–Kier alpha value is -1.69. The molecule has 0 unspecified atom stereocenters. The van der Waals surface area contributed by atoms with Crippen molar-refractivity contribution in [3.63, 3.8) is 0 Å². The SMILES string of the molecule is COC(=O)C(C(=O)OC)[C@@H]1C=C[C@@]2(O1)C(=O)C[C@@H]1CCCC[C@@H]12. The van der Waals surface area contributed by atoms with E-state index >= 15 is 0 Å². The highest BCUT2D eigenvalue weighted by Gasteiger charge is 2.59. The Morgan fingerprint density at radius 1 is 1.22 bits per heavy atom. The van der Waals surface area contributed by atoms with Gasteiger partial charge in [-0.25, -0.2) is 0 Å². The van der Waals surface area contributed by atoms with Gasteiger partial charge in [0.1, 0.15) is 11.7 Å². The number of rotatable bonds is 3. The van der Waals surface area contributed by atoms with E-state index in [0.29, 0.717) is 12.3 Å². The Morgan fingerprint density at radius 2 is 1.87 bits per heavy atom. The van der Waals surface area contributed by atoms with Gasteiger partial charge in [0.25, 0.3) is 0 Å². The van der Waals surface area contributed by atoms with Crippen LogP contribution in [-0.4, -0.2) is 43.6 Å². The van der Waals surface area contributed by atoms with Crippen molar-refractivity contribution in [2.75, 3.05) is 14.2 Å². The zero-order valence-corrected chi connectivity index (χ0v) is 13.4. The summed E-state index contributed by atoms with van der Waals surface area (Å²) in [4.78, 5) is 36.5. The largest absolute Gasteiger partial charge is 0.468 e. The molecular weight excluding hydrogens is 300 g/mol. The zero-order chi connectivity index (χ0) is 16.6. The number of methoxy groups -OCH3 is 2. The van der Waals surface area contributed by atoms with Gasteiger partial charge in [0.05, 0.1) is 14.2 Å². The molecule has 0 aromatic carbocycles. The summed E-state index contributed by atoms with van der Waals surface area (Å²) in [5, 5.41) is 0. The molecule has 1 aliphatic heterocycles. The van der Waals surface area contributed by atoms with Crippen LogP contribution < -0.4 is 0 Å². The first kappa shape index (κ1) is 16.2. The number of ether oxygens (including phenoxy) is 3. The van der Waals surface area contributed by atoms with Crippen LogP contribution in [0.4, 0.5) is 0 Å². The summed E-state index contributed by atoms with van der Waals surface area (Å²) in [5.41, 5.74) is -0.976. The number of fused-ring (bicyclic) bond motifs is 2. The predicted octanol–water partition coefficient (Wildman–Crippen LogP) is 1.42. The number of ketones is 1. The lowest BCUT2D eigenvalue weighted by Crippen LogP contribution is -2.45. The average Bonchev–Trinajstić information content (AvgIpc) is 3.11. The van der Waals surface area contributed by atoms with Crippen LogP contribution in [0.5, 0.6) is 0 Å². The van der Waals surface area contributed by atoms with Crippen molar-refractivity contribution in [1.82, 2.24) is 0 Å². The van der Waals surface area contributed by atoms with Crippen LogP contribution in [0.1, 0.15) is 32.1 Å². The van der Waals surface area contributed by atoms with Gasteiger partial charge >= 0.3 is 11.9 Å². The van der Waals surface area contributed by atoms with E-state index in [0.717, 1.165) is 25.7 Å². The van der Waals surface area contributed by atoms with Gasteiger partial charge in [0.2, 0.25) is 0 Å². The quantitative estimate of drug-likeness (QED) is 0.444. The van der Waals surface area contributed by atoms with Crippen molar-refractivity contribution in [2.24, 2.45) is 17.8 Å². The highest BCUT2D eigenvalue weighted by Crippen LogP contribution is 2.51. The van der Waals surface area contributed by atoms with Crippen molar-refractivity contribution in [3.8, 4) is 0 Å². The molecular formula is C17H22O6. The van der Waals surface area contributed by atoms with Crippen LogP contribution in [0.25, 0.3) is 0 Å². The van der Waals surface area contributed by atoms with Crippen molar-refractivity contribution >= 4 is 17.7 Å². The summed E-state index contributed by atoms with van der Waals surface area (Å²) in [6, 6.07) is 0. The molecule has 2 fully saturated rings. The summed E-state index contributed by atoms with van der Waals surface area (Å²) in [6.45, 7) is 0. The van der Waals surface area contributed by atoms with Crippen LogP contribution in [-0.2, 0) is 28.6 Å². The molecule has 0 amide bonds. The van der Waals surface area contributed by atoms with E-state index in [1.807, 2.05) is 0 Å². The van der Waals surface area contributed by atoms with E-state index in [1.165, 1.54) is 14.2 Å². The smallest absolute Gasteiger partial charge is 0.323 e. The van der Waals surface area contributed by atoms with E-state index in [1.54, 1.807) is 12.2 Å². The Labute approximate surface area is 135 Å². The maximum atomic E-state index is 12.6. The number of carbonyl (C=O) groups is 3. The van der Waals surface area contributed by atoms with Gasteiger partial charge in [-0.15, -0.1) is 0 Å². The molecule has 23 heavy (non-hydrogen) atoms. The van der Waals surface area contributed by atoms with Gasteiger partial charge in [-0.2, -0.15) is 0 Å². The summed E-state index contributed by atoms with van der Waals surface area (Å²) in [7, 11) is 2.43. The van der Waals surface area contributed by atoms with Crippen LogP contribution in [0.15, 0.2) is 12.2 Å². The fourth-order valence-electron chi connectivity index (χ4n) is 4.33. The van der Waals surface area contributed by atoms with Gasteiger partial charge in [0.15, 0.2) is 11.7 Å². The molecule has 0 bridgehead atoms. The second-order valence-corrected chi connectivity index (χ2v) is 6.54. The molecule has 2 aliphatic carbocycles. The number of Topliss-reactive ketones (excluding diaryl/α,β-unsaturated/α-hetero) is 1. The highest BCUT2D eigenvalue weighted by atomic mass is 16.6. The first-order valence-electron chi connectivity index (χ1n) is 8.09. The van der Waals surface area contributed by atoms with Crippen molar-refractivity contribution < 1.29 is 28.6 Å². The lowest BCUT2D eigenvalue weighted by molar-refractivity contribution is -0.171. The van der Waals surface area contributed by atoms with Crippen molar-refractivity contribution in [2.45, 2.75) is 43.8 Å². The molecule has 0 aromatic heterocycles. The van der Waals surface area contributed by atoms with E-state index in [4.69, 9.17) is 14.2 Å². The molecule has 1 heterocycles. The standard InChI is InChI=1S/C17H22O6/c1-21-15(19)14(16(20)22-2)12-7-8-17(23-12)11-6-4-3-5-10(11)9-13(17)18/h7-8,10-12,14H,3-6,9H2,1-2H3/t10-,11-,12-,17-/m0/s1. The van der Waals surface area contributed by atoms with Gasteiger partial charge in [-0.3, -0.25) is 14.4 Å². The van der Waals surface area contributed by atoms with Gasteiger partial charge < -0.3 is 14.2 Å². The zero-order valence-electron chi connectivity index (χ0n) is 13.4. The first-order valence-corrected chi connectivity index (χ1v) is 8.09. The third-order valence-electron chi connectivity index (χ3n) is 5.45. The second-order valence-electron chi connectivity index (χ2n) is 6.54. The first-order chi connectivity index (χ1) is 11.0. The fourth-order valence-corrected chi connectivity index (χ4v) is 4.33. The minimum Gasteiger partial charge on any atom is -0.468 e. The van der Waals surface area contributed by atoms with E-state index in [-0.39, 0.29) is 11.7 Å². The fraction of sp³-hybridized carbons (Fsp3) is 0.706. The normalized spacial score (nSPS) is 35.6. The minimum atomic E-state index is -1.20. The third-order valence-corrected chi connectivity index (χ3v) is 5.45. The highest BCUT2D eigenvalue weighted by molar-refractivity contribution is 5.97. The monoisotopic (exact) mass is 322 g/mol. The van der Waals surface area contributed by atoms with Gasteiger partial charge in [-0.1, -0.05) is 18.9 Å². The molecule has 3 rings (SSSR count). The Bertz CT molecular complexity index is 537. The van der Waals surface area contributed by atoms with E-state index < -0.39 is 29.6 Å². The predicted molar refractivity (Wildman–Crippen MR) is 79.3 cm³/mol. The third kappa shape index (κ3) is 2.49. The molecule has 0 radical (unpaired) electrons. The molecule has 6 heteroatoms. The molecule has 0 aromatic rings. The lowest BCUT2D eigenvalue weighted by atomic mass is 9.76. The summed E-state index contributed by atoms with van der Waals surface area (Å²) >= 11 is 0. The van der Waals surface area contributed by atoms with Gasteiger partial charge in [0, 0.05) is 12.3 Å². The molecule has 126 valence electrons. The lowest BCUT2D eigenvalue weighted by Gasteiger charge is -2.35. The second kappa shape index (κ2) is 6.07. The molecule has 3 aliphatic rings. The van der Waals surface area contributed by atoms with Gasteiger partial charge in [-0.05, 0) is 24.8 Å². The minimum absolute atomic E-state index is 0.0571. The summed E-state index contributed by atoms with van der Waals surface area (Å²) in [6.07, 6.45) is 7.30. The summed E-state index contributed by atoms with van der Waals surface area (Å²) in [5.74, 6) is -2.09. The molecule has 0 N–H and O–H groups in total. The molecule has 0 saturated heterocycles. The van der Waals surface area contributed by atoms with Crippen LogP contribution in [0.2, 0.25) is 0 Å². The Balaban J connectivity index is 1.84. The molecule has 1 spiro atoms. The number of hydrogen-bond donors (Lipinski definition) is 0. The Kier molecular flexibility index (Phi) is 4.27. The van der Waals surface area contributed by atoms with Crippen molar-refractivity contribution in [1.29, 1.82) is 0 Å². The van der Waals surface area contributed by atoms with Crippen LogP contribution in [0.3, 0.4) is 0 Å². The Morgan fingerprint density at radius 3 is 2.52 bits per heavy atom. The van der Waals surface area contributed by atoms with Crippen LogP contribution in [0, 0.1) is 17.8 Å². The van der Waals surface area contributed by atoms with Crippen molar-refractivity contribution in [3.05, 3.63) is 12.2 Å². The topological polar surface area (TPSA) is 78.9 Å². The summed E-state index contributed by atoms with van der Waals surface area (Å²) < 4.78 is 15.4. The average molecular weight is 322 g/mol. The molecule has 6 nitrogen and oxygen atoms in total. The van der Waals surface area contributed by atoms with E-state index in [9.17, 15) is 14.4 Å². The van der Waals surface area contributed by atoms with Crippen LogP contribution >= 0.6 is 0 Å². The maximum absolute atomic E-state index is 12.6. The molecule has 2 saturated carbocycles.